The summed E-state index contributed by atoms with van der Waals surface area (Å²) in [6, 6.07) is 7.79. The van der Waals surface area contributed by atoms with Crippen molar-refractivity contribution in [3.63, 3.8) is 0 Å². The smallest absolute Gasteiger partial charge is 0.272 e. The summed E-state index contributed by atoms with van der Waals surface area (Å²) in [4.78, 5) is 23.1. The van der Waals surface area contributed by atoms with Crippen molar-refractivity contribution in [2.24, 2.45) is 5.92 Å². The molecule has 0 bridgehead atoms. The Bertz CT molecular complexity index is 736. The highest BCUT2D eigenvalue weighted by Gasteiger charge is 2.22. The van der Waals surface area contributed by atoms with Gasteiger partial charge in [-0.25, -0.2) is 9.97 Å². The molecule has 24 heavy (non-hydrogen) atoms. The van der Waals surface area contributed by atoms with E-state index in [0.717, 1.165) is 31.6 Å². The van der Waals surface area contributed by atoms with Crippen LogP contribution in [0.2, 0.25) is 0 Å². The molecule has 1 N–H and O–H groups in total. The zero-order valence-electron chi connectivity index (χ0n) is 14.5. The second-order valence-electron chi connectivity index (χ2n) is 6.66. The molecule has 1 aliphatic heterocycles. The van der Waals surface area contributed by atoms with Crippen LogP contribution in [0.25, 0.3) is 0 Å². The van der Waals surface area contributed by atoms with Gasteiger partial charge in [0.05, 0.1) is 0 Å². The number of amides is 1. The Morgan fingerprint density at radius 2 is 1.92 bits per heavy atom. The van der Waals surface area contributed by atoms with E-state index in [4.69, 9.17) is 0 Å². The van der Waals surface area contributed by atoms with Gasteiger partial charge in [0.15, 0.2) is 0 Å². The van der Waals surface area contributed by atoms with Crippen molar-refractivity contribution in [1.82, 2.24) is 14.9 Å². The number of piperidine rings is 1. The van der Waals surface area contributed by atoms with E-state index < -0.39 is 0 Å². The fraction of sp³-hybridized carbons (Fsp3) is 0.421. The molecule has 0 atom stereocenters. The van der Waals surface area contributed by atoms with E-state index in [0.29, 0.717) is 17.6 Å². The van der Waals surface area contributed by atoms with Gasteiger partial charge in [-0.3, -0.25) is 4.79 Å². The third-order valence-electron chi connectivity index (χ3n) is 4.71. The number of likely N-dealkylation sites (tertiary alicyclic amines) is 1. The topological polar surface area (TPSA) is 58.1 Å². The normalized spacial score (nSPS) is 15.4. The predicted octanol–water partition coefficient (Wildman–Crippen LogP) is 3.71. The summed E-state index contributed by atoms with van der Waals surface area (Å²) in [5.74, 6) is 1.14. The second-order valence-corrected chi connectivity index (χ2v) is 6.66. The molecule has 1 fully saturated rings. The van der Waals surface area contributed by atoms with Crippen LogP contribution in [-0.2, 0) is 0 Å². The first-order valence-electron chi connectivity index (χ1n) is 8.49. The van der Waals surface area contributed by atoms with Gasteiger partial charge in [0.25, 0.3) is 5.91 Å². The number of carbonyl (C=O) groups is 1. The lowest BCUT2D eigenvalue weighted by molar-refractivity contribution is 0.0691. The van der Waals surface area contributed by atoms with Crippen LogP contribution in [0.15, 0.2) is 30.5 Å². The monoisotopic (exact) mass is 324 g/mol. The van der Waals surface area contributed by atoms with E-state index in [2.05, 4.69) is 48.2 Å². The molecule has 0 radical (unpaired) electrons. The molecule has 1 amide bonds. The summed E-state index contributed by atoms with van der Waals surface area (Å²) in [5.41, 5.74) is 3.82. The average molecular weight is 324 g/mol. The number of aryl methyl sites for hydroxylation is 2. The van der Waals surface area contributed by atoms with Gasteiger partial charge in [0.2, 0.25) is 5.95 Å². The highest BCUT2D eigenvalue weighted by molar-refractivity contribution is 5.92. The molecule has 1 aliphatic rings. The van der Waals surface area contributed by atoms with Crippen molar-refractivity contribution in [3.8, 4) is 0 Å². The molecule has 0 unspecified atom stereocenters. The number of benzene rings is 1. The molecule has 0 aliphatic carbocycles. The highest BCUT2D eigenvalue weighted by atomic mass is 16.2. The minimum absolute atomic E-state index is 0.00700. The van der Waals surface area contributed by atoms with Gasteiger partial charge in [0.1, 0.15) is 5.69 Å². The highest BCUT2D eigenvalue weighted by Crippen LogP contribution is 2.19. The first kappa shape index (κ1) is 16.4. The standard InChI is InChI=1S/C19H24N4O/c1-13-7-10-23(11-8-13)18(24)17-6-9-20-19(22-17)21-16-5-4-14(2)15(3)12-16/h4-6,9,12-13H,7-8,10-11H2,1-3H3,(H,20,21,22). The van der Waals surface area contributed by atoms with Crippen molar-refractivity contribution < 1.29 is 4.79 Å². The first-order valence-corrected chi connectivity index (χ1v) is 8.49. The summed E-state index contributed by atoms with van der Waals surface area (Å²) in [5, 5.41) is 3.18. The molecule has 1 aromatic heterocycles. The summed E-state index contributed by atoms with van der Waals surface area (Å²) in [6.07, 6.45) is 3.76. The number of hydrogen-bond acceptors (Lipinski definition) is 4. The molecule has 0 saturated carbocycles. The molecule has 5 nitrogen and oxygen atoms in total. The van der Waals surface area contributed by atoms with Gasteiger partial charge in [0, 0.05) is 25.0 Å². The van der Waals surface area contributed by atoms with Gasteiger partial charge >= 0.3 is 0 Å². The summed E-state index contributed by atoms with van der Waals surface area (Å²) in [7, 11) is 0. The number of anilines is 2. The maximum atomic E-state index is 12.6. The number of aromatic nitrogens is 2. The second kappa shape index (κ2) is 6.99. The van der Waals surface area contributed by atoms with Crippen LogP contribution >= 0.6 is 0 Å². The van der Waals surface area contributed by atoms with Crippen molar-refractivity contribution >= 4 is 17.5 Å². The number of nitrogens with zero attached hydrogens (tertiary/aromatic N) is 3. The lowest BCUT2D eigenvalue weighted by Gasteiger charge is -2.30. The average Bonchev–Trinajstić information content (AvgIpc) is 2.58. The van der Waals surface area contributed by atoms with Crippen molar-refractivity contribution in [2.75, 3.05) is 18.4 Å². The Morgan fingerprint density at radius 1 is 1.17 bits per heavy atom. The third-order valence-corrected chi connectivity index (χ3v) is 4.71. The largest absolute Gasteiger partial charge is 0.337 e. The molecule has 0 spiro atoms. The molecule has 1 saturated heterocycles. The van der Waals surface area contributed by atoms with Gasteiger partial charge in [-0.15, -0.1) is 0 Å². The fourth-order valence-electron chi connectivity index (χ4n) is 2.86. The van der Waals surface area contributed by atoms with E-state index in [1.807, 2.05) is 11.0 Å². The minimum atomic E-state index is -0.00700. The summed E-state index contributed by atoms with van der Waals surface area (Å²) < 4.78 is 0. The molecule has 5 heteroatoms. The molecular formula is C19H24N4O. The lowest BCUT2D eigenvalue weighted by Crippen LogP contribution is -2.38. The molecule has 1 aromatic carbocycles. The van der Waals surface area contributed by atoms with Gasteiger partial charge in [-0.05, 0) is 61.9 Å². The number of hydrogen-bond donors (Lipinski definition) is 1. The van der Waals surface area contributed by atoms with Crippen LogP contribution in [0.3, 0.4) is 0 Å². The maximum absolute atomic E-state index is 12.6. The van der Waals surface area contributed by atoms with E-state index in [1.54, 1.807) is 12.3 Å². The molecule has 126 valence electrons. The van der Waals surface area contributed by atoms with Crippen LogP contribution < -0.4 is 5.32 Å². The Morgan fingerprint density at radius 3 is 2.62 bits per heavy atom. The maximum Gasteiger partial charge on any atom is 0.272 e. The van der Waals surface area contributed by atoms with Crippen LogP contribution in [0, 0.1) is 19.8 Å². The molecule has 3 rings (SSSR count). The predicted molar refractivity (Wildman–Crippen MR) is 95.5 cm³/mol. The zero-order chi connectivity index (χ0) is 17.1. The lowest BCUT2D eigenvalue weighted by atomic mass is 9.99. The minimum Gasteiger partial charge on any atom is -0.337 e. The molecule has 2 aromatic rings. The number of nitrogens with one attached hydrogen (secondary N) is 1. The Balaban J connectivity index is 1.73. The van der Waals surface area contributed by atoms with Crippen LogP contribution in [-0.4, -0.2) is 33.9 Å². The quantitative estimate of drug-likeness (QED) is 0.935. The third kappa shape index (κ3) is 3.72. The van der Waals surface area contributed by atoms with Gasteiger partial charge in [-0.1, -0.05) is 13.0 Å². The van der Waals surface area contributed by atoms with E-state index in [-0.39, 0.29) is 5.91 Å². The van der Waals surface area contributed by atoms with Gasteiger partial charge in [-0.2, -0.15) is 0 Å². The molecule has 2 heterocycles. The van der Waals surface area contributed by atoms with Crippen molar-refractivity contribution in [3.05, 3.63) is 47.3 Å². The van der Waals surface area contributed by atoms with E-state index in [9.17, 15) is 4.79 Å². The SMILES string of the molecule is Cc1ccc(Nc2nccc(C(=O)N3CCC(C)CC3)n2)cc1C. The van der Waals surface area contributed by atoms with E-state index >= 15 is 0 Å². The summed E-state index contributed by atoms with van der Waals surface area (Å²) in [6.45, 7) is 8.00. The van der Waals surface area contributed by atoms with Crippen LogP contribution in [0.1, 0.15) is 41.4 Å². The Hall–Kier alpha value is -2.43. The Labute approximate surface area is 143 Å². The Kier molecular flexibility index (Phi) is 4.79. The van der Waals surface area contributed by atoms with Crippen molar-refractivity contribution in [1.29, 1.82) is 0 Å². The fourth-order valence-corrected chi connectivity index (χ4v) is 2.86. The van der Waals surface area contributed by atoms with Gasteiger partial charge < -0.3 is 10.2 Å². The van der Waals surface area contributed by atoms with Crippen molar-refractivity contribution in [2.45, 2.75) is 33.6 Å². The summed E-state index contributed by atoms with van der Waals surface area (Å²) >= 11 is 0. The first-order chi connectivity index (χ1) is 11.5. The van der Waals surface area contributed by atoms with E-state index in [1.165, 1.54) is 11.1 Å². The zero-order valence-corrected chi connectivity index (χ0v) is 14.5. The molecular weight excluding hydrogens is 300 g/mol. The number of rotatable bonds is 3. The van der Waals surface area contributed by atoms with Crippen LogP contribution in [0.4, 0.5) is 11.6 Å². The number of carbonyl (C=O) groups excluding carboxylic acids is 1. The van der Waals surface area contributed by atoms with Crippen LogP contribution in [0.5, 0.6) is 0 Å².